The highest BCUT2D eigenvalue weighted by atomic mass is 127. The monoisotopic (exact) mass is 550 g/mol. The maximum atomic E-state index is 12.5. The van der Waals surface area contributed by atoms with Crippen LogP contribution in [0, 0.1) is 5.92 Å². The highest BCUT2D eigenvalue weighted by Crippen LogP contribution is 2.19. The summed E-state index contributed by atoms with van der Waals surface area (Å²) in [7, 11) is 1.77. The molecule has 1 aliphatic heterocycles. The van der Waals surface area contributed by atoms with Crippen LogP contribution in [0.3, 0.4) is 0 Å². The molecule has 1 aromatic rings. The van der Waals surface area contributed by atoms with Gasteiger partial charge >= 0.3 is 0 Å². The van der Waals surface area contributed by atoms with Crippen molar-refractivity contribution >= 4 is 47.4 Å². The lowest BCUT2D eigenvalue weighted by Crippen LogP contribution is -2.51. The topological polar surface area (TPSA) is 66.0 Å². The number of piperidine rings is 1. The molecule has 1 fully saturated rings. The Kier molecular flexibility index (Phi) is 12.5. The molecular formula is C22H36ClIN4O2. The number of nitrogens with one attached hydrogen (secondary N) is 2. The van der Waals surface area contributed by atoms with E-state index in [-0.39, 0.29) is 36.0 Å². The molecule has 0 aliphatic carbocycles. The van der Waals surface area contributed by atoms with Gasteiger partial charge in [-0.15, -0.1) is 24.0 Å². The summed E-state index contributed by atoms with van der Waals surface area (Å²) >= 11 is 6.00. The van der Waals surface area contributed by atoms with Gasteiger partial charge in [0.25, 0.3) is 0 Å². The third-order valence-corrected chi connectivity index (χ3v) is 5.63. The fourth-order valence-corrected chi connectivity index (χ4v) is 3.76. The van der Waals surface area contributed by atoms with Crippen LogP contribution in [-0.4, -0.2) is 55.6 Å². The number of halogens is 2. The molecule has 1 amide bonds. The average Bonchev–Trinajstić information content (AvgIpc) is 2.72. The quantitative estimate of drug-likeness (QED) is 0.288. The first-order valence-electron chi connectivity index (χ1n) is 10.6. The van der Waals surface area contributed by atoms with Crippen molar-refractivity contribution in [1.82, 2.24) is 15.5 Å². The SMILES string of the molecule is CCC(CC)C(=O)N1CCC(NC(=NC)NCC(C)Oc2cccc(Cl)c2)CC1.I. The van der Waals surface area contributed by atoms with E-state index in [0.717, 1.165) is 50.5 Å². The van der Waals surface area contributed by atoms with Crippen LogP contribution in [0.4, 0.5) is 0 Å². The third kappa shape index (κ3) is 8.49. The molecule has 0 spiro atoms. The molecule has 170 valence electrons. The van der Waals surface area contributed by atoms with E-state index in [0.29, 0.717) is 23.5 Å². The van der Waals surface area contributed by atoms with Crippen LogP contribution < -0.4 is 15.4 Å². The lowest BCUT2D eigenvalue weighted by atomic mass is 9.98. The Morgan fingerprint density at radius 3 is 2.53 bits per heavy atom. The Labute approximate surface area is 203 Å². The van der Waals surface area contributed by atoms with E-state index >= 15 is 0 Å². The number of aliphatic imine (C=N–C) groups is 1. The van der Waals surface area contributed by atoms with Crippen molar-refractivity contribution in [2.75, 3.05) is 26.7 Å². The zero-order chi connectivity index (χ0) is 21.2. The Balaban J connectivity index is 0.00000450. The van der Waals surface area contributed by atoms with Crippen LogP contribution in [0.15, 0.2) is 29.3 Å². The highest BCUT2D eigenvalue weighted by Gasteiger charge is 2.26. The molecule has 2 N–H and O–H groups in total. The van der Waals surface area contributed by atoms with Gasteiger partial charge in [0.1, 0.15) is 11.9 Å². The van der Waals surface area contributed by atoms with E-state index in [1.165, 1.54) is 0 Å². The molecule has 0 radical (unpaired) electrons. The van der Waals surface area contributed by atoms with Crippen molar-refractivity contribution in [3.8, 4) is 5.75 Å². The molecule has 1 unspecified atom stereocenters. The highest BCUT2D eigenvalue weighted by molar-refractivity contribution is 14.0. The number of carbonyl (C=O) groups is 1. The second-order valence-electron chi connectivity index (χ2n) is 7.60. The summed E-state index contributed by atoms with van der Waals surface area (Å²) in [5.41, 5.74) is 0. The van der Waals surface area contributed by atoms with Gasteiger partial charge in [-0.25, -0.2) is 0 Å². The van der Waals surface area contributed by atoms with Crippen LogP contribution in [0.25, 0.3) is 0 Å². The van der Waals surface area contributed by atoms with Gasteiger partial charge in [-0.05, 0) is 50.8 Å². The number of hydrogen-bond donors (Lipinski definition) is 2. The minimum atomic E-state index is -0.0356. The van der Waals surface area contributed by atoms with Crippen LogP contribution in [0.5, 0.6) is 5.75 Å². The van der Waals surface area contributed by atoms with E-state index in [1.54, 1.807) is 7.05 Å². The van der Waals surface area contributed by atoms with Gasteiger partial charge in [0, 0.05) is 37.1 Å². The molecule has 30 heavy (non-hydrogen) atoms. The smallest absolute Gasteiger partial charge is 0.225 e. The predicted octanol–water partition coefficient (Wildman–Crippen LogP) is 4.32. The summed E-state index contributed by atoms with van der Waals surface area (Å²) in [6, 6.07) is 7.72. The number of amides is 1. The van der Waals surface area contributed by atoms with Gasteiger partial charge in [0.15, 0.2) is 5.96 Å². The minimum Gasteiger partial charge on any atom is -0.489 e. The number of benzene rings is 1. The molecule has 0 aromatic heterocycles. The third-order valence-electron chi connectivity index (χ3n) is 5.40. The number of guanidine groups is 1. The van der Waals surface area contributed by atoms with Crippen LogP contribution in [0.1, 0.15) is 46.5 Å². The van der Waals surface area contributed by atoms with Crippen molar-refractivity contribution in [3.63, 3.8) is 0 Å². The van der Waals surface area contributed by atoms with Gasteiger partial charge in [-0.3, -0.25) is 9.79 Å². The fourth-order valence-electron chi connectivity index (χ4n) is 3.58. The molecule has 2 rings (SSSR count). The van der Waals surface area contributed by atoms with Crippen molar-refractivity contribution in [1.29, 1.82) is 0 Å². The number of likely N-dealkylation sites (tertiary alicyclic amines) is 1. The van der Waals surface area contributed by atoms with Crippen LogP contribution in [-0.2, 0) is 4.79 Å². The Morgan fingerprint density at radius 2 is 1.97 bits per heavy atom. The second kappa shape index (κ2) is 14.0. The number of rotatable bonds is 8. The molecule has 6 nitrogen and oxygen atoms in total. The van der Waals surface area contributed by atoms with Gasteiger partial charge in [0.2, 0.25) is 5.91 Å². The predicted molar refractivity (Wildman–Crippen MR) is 135 cm³/mol. The van der Waals surface area contributed by atoms with Crippen LogP contribution in [0.2, 0.25) is 5.02 Å². The molecule has 1 aromatic carbocycles. The first-order valence-corrected chi connectivity index (χ1v) is 11.0. The minimum absolute atomic E-state index is 0. The summed E-state index contributed by atoms with van der Waals surface area (Å²) in [4.78, 5) is 18.9. The lowest BCUT2D eigenvalue weighted by molar-refractivity contribution is -0.136. The van der Waals surface area contributed by atoms with Gasteiger partial charge in [0.05, 0.1) is 6.54 Å². The Hall–Kier alpha value is -1.22. The van der Waals surface area contributed by atoms with E-state index in [1.807, 2.05) is 36.1 Å². The second-order valence-corrected chi connectivity index (χ2v) is 8.03. The molecule has 8 heteroatoms. The molecule has 0 bridgehead atoms. The molecule has 1 atom stereocenters. The Morgan fingerprint density at radius 1 is 1.30 bits per heavy atom. The summed E-state index contributed by atoms with van der Waals surface area (Å²) < 4.78 is 5.89. The summed E-state index contributed by atoms with van der Waals surface area (Å²) in [5.74, 6) is 1.98. The van der Waals surface area contributed by atoms with E-state index in [2.05, 4.69) is 29.5 Å². The number of ether oxygens (including phenoxy) is 1. The maximum absolute atomic E-state index is 12.5. The normalized spacial score (nSPS) is 16.1. The van der Waals surface area contributed by atoms with E-state index in [4.69, 9.17) is 16.3 Å². The van der Waals surface area contributed by atoms with E-state index in [9.17, 15) is 4.79 Å². The van der Waals surface area contributed by atoms with Crippen molar-refractivity contribution in [2.24, 2.45) is 10.9 Å². The average molecular weight is 551 g/mol. The standard InChI is InChI=1S/C22H35ClN4O2.HI/c1-5-17(6-2)21(28)27-12-10-19(11-13-27)26-22(24-4)25-15-16(3)29-20-9-7-8-18(23)14-20;/h7-9,14,16-17,19H,5-6,10-13,15H2,1-4H3,(H2,24,25,26);1H. The first kappa shape index (κ1) is 26.8. The van der Waals surface area contributed by atoms with Crippen molar-refractivity contribution in [3.05, 3.63) is 29.3 Å². The summed E-state index contributed by atoms with van der Waals surface area (Å²) in [6.45, 7) is 8.41. The summed E-state index contributed by atoms with van der Waals surface area (Å²) in [5, 5.41) is 7.46. The molecule has 1 saturated heterocycles. The first-order chi connectivity index (χ1) is 14.0. The Bertz CT molecular complexity index is 677. The van der Waals surface area contributed by atoms with E-state index < -0.39 is 0 Å². The zero-order valence-electron chi connectivity index (χ0n) is 18.5. The number of carbonyl (C=O) groups excluding carboxylic acids is 1. The molecule has 0 saturated carbocycles. The number of hydrogen-bond acceptors (Lipinski definition) is 3. The molecular weight excluding hydrogens is 515 g/mol. The maximum Gasteiger partial charge on any atom is 0.225 e. The van der Waals surface area contributed by atoms with Crippen molar-refractivity contribution in [2.45, 2.75) is 58.6 Å². The lowest BCUT2D eigenvalue weighted by Gasteiger charge is -2.35. The molecule has 1 heterocycles. The van der Waals surface area contributed by atoms with Gasteiger partial charge in [-0.1, -0.05) is 31.5 Å². The van der Waals surface area contributed by atoms with Gasteiger partial charge in [-0.2, -0.15) is 0 Å². The van der Waals surface area contributed by atoms with Crippen LogP contribution >= 0.6 is 35.6 Å². The fraction of sp³-hybridized carbons (Fsp3) is 0.636. The van der Waals surface area contributed by atoms with Gasteiger partial charge < -0.3 is 20.3 Å². The summed E-state index contributed by atoms with van der Waals surface area (Å²) in [6.07, 6.45) is 3.66. The largest absolute Gasteiger partial charge is 0.489 e. The number of nitrogens with zero attached hydrogens (tertiary/aromatic N) is 2. The zero-order valence-corrected chi connectivity index (χ0v) is 21.6. The van der Waals surface area contributed by atoms with Crippen molar-refractivity contribution < 1.29 is 9.53 Å². The molecule has 1 aliphatic rings.